The summed E-state index contributed by atoms with van der Waals surface area (Å²) in [7, 11) is 0. The second kappa shape index (κ2) is 11.7. The van der Waals surface area contributed by atoms with Crippen LogP contribution in [0.25, 0.3) is 0 Å². The van der Waals surface area contributed by atoms with E-state index in [1.54, 1.807) is 0 Å². The molecule has 5 rings (SSSR count). The maximum Gasteiger partial charge on any atom is 0.220 e. The Bertz CT molecular complexity index is 1130. The van der Waals surface area contributed by atoms with Crippen molar-refractivity contribution in [3.63, 3.8) is 0 Å². The Morgan fingerprint density at radius 1 is 0.972 bits per heavy atom. The molecule has 1 aliphatic carbocycles. The van der Waals surface area contributed by atoms with Crippen molar-refractivity contribution in [2.45, 2.75) is 63.3 Å². The van der Waals surface area contributed by atoms with Gasteiger partial charge in [-0.2, -0.15) is 0 Å². The molecule has 3 atom stereocenters. The molecule has 2 unspecified atom stereocenters. The minimum absolute atomic E-state index is 0.117. The molecule has 36 heavy (non-hydrogen) atoms. The SMILES string of the molecule is O=C(CC[C@H](Cc1ccc(OCc2ccccc2)cc1)N1CCC(O)C1)NC1CCc2ccccc21. The normalized spacial score (nSPS) is 20.1. The minimum atomic E-state index is -0.273. The van der Waals surface area contributed by atoms with Crippen molar-refractivity contribution in [1.82, 2.24) is 10.2 Å². The first-order chi connectivity index (χ1) is 17.6. The van der Waals surface area contributed by atoms with E-state index < -0.39 is 0 Å². The number of benzene rings is 3. The number of hydrogen-bond acceptors (Lipinski definition) is 4. The molecule has 3 aromatic rings. The van der Waals surface area contributed by atoms with Gasteiger partial charge in [0.15, 0.2) is 0 Å². The molecule has 0 bridgehead atoms. The lowest BCUT2D eigenvalue weighted by Crippen LogP contribution is -2.37. The number of carbonyl (C=O) groups is 1. The van der Waals surface area contributed by atoms with E-state index in [-0.39, 0.29) is 24.1 Å². The smallest absolute Gasteiger partial charge is 0.220 e. The van der Waals surface area contributed by atoms with E-state index in [2.05, 4.69) is 58.7 Å². The molecule has 2 N–H and O–H groups in total. The van der Waals surface area contributed by atoms with Crippen LogP contribution in [0.3, 0.4) is 0 Å². The van der Waals surface area contributed by atoms with Gasteiger partial charge in [0, 0.05) is 25.6 Å². The number of ether oxygens (including phenoxy) is 1. The molecule has 0 aromatic heterocycles. The van der Waals surface area contributed by atoms with Gasteiger partial charge >= 0.3 is 0 Å². The molecule has 3 aromatic carbocycles. The van der Waals surface area contributed by atoms with Crippen molar-refractivity contribution in [1.29, 1.82) is 0 Å². The van der Waals surface area contributed by atoms with Crippen LogP contribution in [0.4, 0.5) is 0 Å². The Balaban J connectivity index is 1.16. The Morgan fingerprint density at radius 2 is 1.75 bits per heavy atom. The highest BCUT2D eigenvalue weighted by Gasteiger charge is 2.28. The summed E-state index contributed by atoms with van der Waals surface area (Å²) in [4.78, 5) is 15.2. The fraction of sp³-hybridized carbons (Fsp3) is 0.387. The second-order valence-electron chi connectivity index (χ2n) is 10.1. The summed E-state index contributed by atoms with van der Waals surface area (Å²) >= 11 is 0. The molecule has 1 fully saturated rings. The maximum absolute atomic E-state index is 12.9. The van der Waals surface area contributed by atoms with Gasteiger partial charge in [0.2, 0.25) is 5.91 Å². The Morgan fingerprint density at radius 3 is 2.53 bits per heavy atom. The van der Waals surface area contributed by atoms with Crippen molar-refractivity contribution >= 4 is 5.91 Å². The zero-order chi connectivity index (χ0) is 24.7. The average Bonchev–Trinajstić information content (AvgIpc) is 3.53. The molecule has 1 aliphatic heterocycles. The molecule has 188 valence electrons. The number of nitrogens with one attached hydrogen (secondary N) is 1. The van der Waals surface area contributed by atoms with E-state index in [0.717, 1.165) is 50.0 Å². The zero-order valence-corrected chi connectivity index (χ0v) is 20.8. The quantitative estimate of drug-likeness (QED) is 0.433. The van der Waals surface area contributed by atoms with Crippen LogP contribution in [0.15, 0.2) is 78.9 Å². The van der Waals surface area contributed by atoms with Crippen molar-refractivity contribution in [2.24, 2.45) is 0 Å². The summed E-state index contributed by atoms with van der Waals surface area (Å²) in [6, 6.07) is 27.2. The van der Waals surface area contributed by atoms with Crippen LogP contribution in [0.1, 0.15) is 54.0 Å². The van der Waals surface area contributed by atoms with E-state index >= 15 is 0 Å². The molecule has 1 saturated heterocycles. The Labute approximate surface area is 214 Å². The Hall–Kier alpha value is -3.15. The predicted molar refractivity (Wildman–Crippen MR) is 142 cm³/mol. The van der Waals surface area contributed by atoms with E-state index in [1.165, 1.54) is 16.7 Å². The lowest BCUT2D eigenvalue weighted by atomic mass is 9.99. The highest BCUT2D eigenvalue weighted by atomic mass is 16.5. The predicted octanol–water partition coefficient (Wildman–Crippen LogP) is 4.83. The summed E-state index contributed by atoms with van der Waals surface area (Å²) in [5.41, 5.74) is 4.98. The van der Waals surface area contributed by atoms with Gasteiger partial charge in [-0.1, -0.05) is 66.7 Å². The van der Waals surface area contributed by atoms with Crippen LogP contribution in [0, 0.1) is 0 Å². The van der Waals surface area contributed by atoms with Gasteiger partial charge < -0.3 is 15.2 Å². The lowest BCUT2D eigenvalue weighted by molar-refractivity contribution is -0.122. The first-order valence-corrected chi connectivity index (χ1v) is 13.2. The largest absolute Gasteiger partial charge is 0.489 e. The van der Waals surface area contributed by atoms with Crippen LogP contribution < -0.4 is 10.1 Å². The van der Waals surface area contributed by atoms with Crippen molar-refractivity contribution in [3.05, 3.63) is 101 Å². The van der Waals surface area contributed by atoms with Crippen molar-refractivity contribution in [2.75, 3.05) is 13.1 Å². The fourth-order valence-electron chi connectivity index (χ4n) is 5.52. The van der Waals surface area contributed by atoms with Crippen LogP contribution in [-0.4, -0.2) is 41.1 Å². The standard InChI is InChI=1S/C31H36N2O3/c34-27-18-19-33(21-27)26(13-17-31(35)32-30-16-12-25-8-4-5-9-29(25)30)20-23-10-14-28(15-11-23)36-22-24-6-2-1-3-7-24/h1-11,14-15,26-27,30,34H,12-13,16-22H2,(H,32,35)/t26-,27?,30?/m1/s1. The first-order valence-electron chi connectivity index (χ1n) is 13.2. The highest BCUT2D eigenvalue weighted by molar-refractivity contribution is 5.76. The van der Waals surface area contributed by atoms with Crippen molar-refractivity contribution in [3.8, 4) is 5.75 Å². The molecule has 0 spiro atoms. The third-order valence-corrected chi connectivity index (χ3v) is 7.53. The number of aliphatic hydroxyl groups is 1. The van der Waals surface area contributed by atoms with Gasteiger partial charge in [-0.05, 0) is 66.5 Å². The maximum atomic E-state index is 12.9. The molecule has 1 heterocycles. The number of aliphatic hydroxyl groups excluding tert-OH is 1. The highest BCUT2D eigenvalue weighted by Crippen LogP contribution is 2.31. The number of nitrogens with zero attached hydrogens (tertiary/aromatic N) is 1. The molecule has 5 heteroatoms. The van der Waals surface area contributed by atoms with Gasteiger partial charge in [0.1, 0.15) is 12.4 Å². The molecule has 2 aliphatic rings. The topological polar surface area (TPSA) is 61.8 Å². The van der Waals surface area contributed by atoms with Gasteiger partial charge in [-0.15, -0.1) is 0 Å². The molecule has 5 nitrogen and oxygen atoms in total. The zero-order valence-electron chi connectivity index (χ0n) is 20.8. The second-order valence-corrected chi connectivity index (χ2v) is 10.1. The number of likely N-dealkylation sites (tertiary alicyclic amines) is 1. The molecule has 0 radical (unpaired) electrons. The van der Waals surface area contributed by atoms with Gasteiger partial charge in [0.25, 0.3) is 0 Å². The lowest BCUT2D eigenvalue weighted by Gasteiger charge is -2.28. The summed E-state index contributed by atoms with van der Waals surface area (Å²) < 4.78 is 5.94. The summed E-state index contributed by atoms with van der Waals surface area (Å²) in [5, 5.41) is 13.4. The number of carbonyl (C=O) groups excluding carboxylic acids is 1. The van der Waals surface area contributed by atoms with E-state index in [0.29, 0.717) is 19.6 Å². The molecular formula is C31H36N2O3. The number of hydrogen-bond donors (Lipinski definition) is 2. The van der Waals surface area contributed by atoms with Crippen LogP contribution in [0.2, 0.25) is 0 Å². The number of amides is 1. The van der Waals surface area contributed by atoms with Gasteiger partial charge in [-0.25, -0.2) is 0 Å². The monoisotopic (exact) mass is 484 g/mol. The van der Waals surface area contributed by atoms with E-state index in [4.69, 9.17) is 4.74 Å². The van der Waals surface area contributed by atoms with Gasteiger partial charge in [-0.3, -0.25) is 9.69 Å². The van der Waals surface area contributed by atoms with E-state index in [9.17, 15) is 9.90 Å². The third kappa shape index (κ3) is 6.34. The molecule has 1 amide bonds. The summed E-state index contributed by atoms with van der Waals surface area (Å²) in [6.07, 6.45) is 4.66. The minimum Gasteiger partial charge on any atom is -0.489 e. The molecule has 0 saturated carbocycles. The summed E-state index contributed by atoms with van der Waals surface area (Å²) in [5.74, 6) is 0.970. The van der Waals surface area contributed by atoms with Crippen LogP contribution in [0.5, 0.6) is 5.75 Å². The Kier molecular flexibility index (Phi) is 7.99. The van der Waals surface area contributed by atoms with Crippen LogP contribution >= 0.6 is 0 Å². The van der Waals surface area contributed by atoms with Gasteiger partial charge in [0.05, 0.1) is 12.1 Å². The number of rotatable bonds is 10. The summed E-state index contributed by atoms with van der Waals surface area (Å²) in [6.45, 7) is 2.11. The number of β-amino-alcohol motifs (C(OH)–C–C–N with tert-alkyl or cyclic N) is 1. The van der Waals surface area contributed by atoms with Crippen molar-refractivity contribution < 1.29 is 14.6 Å². The molecular weight excluding hydrogens is 448 g/mol. The third-order valence-electron chi connectivity index (χ3n) is 7.53. The fourth-order valence-corrected chi connectivity index (χ4v) is 5.52. The van der Waals surface area contributed by atoms with E-state index in [1.807, 2.05) is 30.3 Å². The van der Waals surface area contributed by atoms with Crippen LogP contribution in [-0.2, 0) is 24.2 Å². The first kappa shape index (κ1) is 24.5. The number of aryl methyl sites for hydroxylation is 1. The average molecular weight is 485 g/mol. The number of fused-ring (bicyclic) bond motifs is 1.